The first-order valence-electron chi connectivity index (χ1n) is 10.6. The molecule has 34 heavy (non-hydrogen) atoms. The summed E-state index contributed by atoms with van der Waals surface area (Å²) in [4.78, 5) is 15.6. The van der Waals surface area contributed by atoms with E-state index in [1.807, 2.05) is 41.3 Å². The average Bonchev–Trinajstić information content (AvgIpc) is 2.89. The van der Waals surface area contributed by atoms with Gasteiger partial charge in [0.2, 0.25) is 17.8 Å². The number of ether oxygens (including phenoxy) is 3. The van der Waals surface area contributed by atoms with Crippen LogP contribution in [0.25, 0.3) is 0 Å². The van der Waals surface area contributed by atoms with Gasteiger partial charge in [0.15, 0.2) is 18.1 Å². The van der Waals surface area contributed by atoms with E-state index in [0.717, 1.165) is 11.3 Å². The molecule has 1 fully saturated rings. The van der Waals surface area contributed by atoms with Gasteiger partial charge in [-0.25, -0.2) is 5.43 Å². The van der Waals surface area contributed by atoms with Gasteiger partial charge in [0.1, 0.15) is 6.07 Å². The third-order valence-corrected chi connectivity index (χ3v) is 4.81. The van der Waals surface area contributed by atoms with Crippen molar-refractivity contribution in [2.45, 2.75) is 0 Å². The highest BCUT2D eigenvalue weighted by Gasteiger charge is 2.16. The maximum absolute atomic E-state index is 8.70. The summed E-state index contributed by atoms with van der Waals surface area (Å²) < 4.78 is 16.1. The number of hydrogen-bond donors (Lipinski definition) is 2. The molecular formula is C23H24N8O3. The normalized spacial score (nSPS) is 13.4. The van der Waals surface area contributed by atoms with Crippen LogP contribution in [0.2, 0.25) is 0 Å². The molecule has 0 radical (unpaired) electrons. The molecule has 0 spiro atoms. The standard InChI is InChI=1S/C23H24N8O3/c1-32-20-15-17(7-8-19(20)34-12-9-24)16-25-30-22-27-21(26-18-5-3-2-4-6-18)28-23(29-22)31-10-13-33-14-11-31/h2-8,15-16H,10-14H2,1H3,(H2,26,27,28,29,30)/b25-16+. The zero-order chi connectivity index (χ0) is 23.6. The average molecular weight is 460 g/mol. The predicted octanol–water partition coefficient (Wildman–Crippen LogP) is 2.81. The van der Waals surface area contributed by atoms with Crippen LogP contribution in [0.15, 0.2) is 53.6 Å². The highest BCUT2D eigenvalue weighted by Crippen LogP contribution is 2.27. The molecule has 1 aromatic heterocycles. The molecule has 1 saturated heterocycles. The summed E-state index contributed by atoms with van der Waals surface area (Å²) in [6.07, 6.45) is 1.61. The van der Waals surface area contributed by atoms with Gasteiger partial charge in [0.25, 0.3) is 0 Å². The van der Waals surface area contributed by atoms with Gasteiger partial charge in [-0.05, 0) is 35.9 Å². The molecule has 11 heteroatoms. The van der Waals surface area contributed by atoms with Crippen LogP contribution in [0.1, 0.15) is 5.56 Å². The van der Waals surface area contributed by atoms with E-state index in [1.165, 1.54) is 7.11 Å². The van der Waals surface area contributed by atoms with Crippen molar-refractivity contribution in [3.05, 3.63) is 54.1 Å². The van der Waals surface area contributed by atoms with Crippen LogP contribution in [0.4, 0.5) is 23.5 Å². The molecule has 0 unspecified atom stereocenters. The Morgan fingerprint density at radius 2 is 1.88 bits per heavy atom. The third kappa shape index (κ3) is 6.08. The molecule has 0 bridgehead atoms. The van der Waals surface area contributed by atoms with Crippen molar-refractivity contribution in [3.63, 3.8) is 0 Å². The van der Waals surface area contributed by atoms with Crippen LogP contribution >= 0.6 is 0 Å². The highest BCUT2D eigenvalue weighted by molar-refractivity contribution is 5.81. The summed E-state index contributed by atoms with van der Waals surface area (Å²) in [7, 11) is 1.53. The fourth-order valence-electron chi connectivity index (χ4n) is 3.18. The van der Waals surface area contributed by atoms with Gasteiger partial charge < -0.3 is 24.4 Å². The largest absolute Gasteiger partial charge is 0.493 e. The first-order valence-corrected chi connectivity index (χ1v) is 10.6. The minimum atomic E-state index is -0.0600. The SMILES string of the molecule is COc1cc(/C=N/Nc2nc(Nc3ccccc3)nc(N3CCOCC3)n2)ccc1OCC#N. The van der Waals surface area contributed by atoms with E-state index >= 15 is 0 Å². The van der Waals surface area contributed by atoms with Crippen molar-refractivity contribution >= 4 is 29.7 Å². The minimum absolute atomic E-state index is 0.0600. The molecule has 2 aromatic carbocycles. The minimum Gasteiger partial charge on any atom is -0.493 e. The first kappa shape index (κ1) is 22.8. The van der Waals surface area contributed by atoms with Crippen molar-refractivity contribution in [3.8, 4) is 17.6 Å². The van der Waals surface area contributed by atoms with Crippen LogP contribution in [-0.4, -0.2) is 61.2 Å². The van der Waals surface area contributed by atoms with E-state index in [1.54, 1.807) is 24.4 Å². The number of benzene rings is 2. The molecule has 1 aliphatic rings. The molecule has 174 valence electrons. The van der Waals surface area contributed by atoms with Gasteiger partial charge in [-0.2, -0.15) is 25.3 Å². The summed E-state index contributed by atoms with van der Waals surface area (Å²) in [6, 6.07) is 16.9. The summed E-state index contributed by atoms with van der Waals surface area (Å²) in [5, 5.41) is 16.2. The van der Waals surface area contributed by atoms with E-state index in [-0.39, 0.29) is 6.61 Å². The number of aromatic nitrogens is 3. The van der Waals surface area contributed by atoms with Crippen molar-refractivity contribution in [1.29, 1.82) is 5.26 Å². The smallest absolute Gasteiger partial charge is 0.250 e. The van der Waals surface area contributed by atoms with Gasteiger partial charge >= 0.3 is 0 Å². The van der Waals surface area contributed by atoms with E-state index in [0.29, 0.717) is 55.6 Å². The van der Waals surface area contributed by atoms with E-state index in [4.69, 9.17) is 19.5 Å². The maximum Gasteiger partial charge on any atom is 0.250 e. The lowest BCUT2D eigenvalue weighted by Crippen LogP contribution is -2.37. The van der Waals surface area contributed by atoms with E-state index < -0.39 is 0 Å². The zero-order valence-corrected chi connectivity index (χ0v) is 18.6. The van der Waals surface area contributed by atoms with Crippen molar-refractivity contribution in [2.24, 2.45) is 5.10 Å². The molecule has 1 aliphatic heterocycles. The van der Waals surface area contributed by atoms with Gasteiger partial charge in [-0.1, -0.05) is 18.2 Å². The van der Waals surface area contributed by atoms with Gasteiger partial charge in [-0.15, -0.1) is 0 Å². The van der Waals surface area contributed by atoms with Gasteiger partial charge in [0.05, 0.1) is 26.5 Å². The first-order chi connectivity index (χ1) is 16.7. The fourth-order valence-corrected chi connectivity index (χ4v) is 3.18. The second kappa shape index (κ2) is 11.4. The maximum atomic E-state index is 8.70. The number of nitrogens with zero attached hydrogens (tertiary/aromatic N) is 6. The number of hydrogen-bond acceptors (Lipinski definition) is 11. The van der Waals surface area contributed by atoms with Gasteiger partial charge in [0, 0.05) is 18.8 Å². The number of nitriles is 1. The van der Waals surface area contributed by atoms with E-state index in [9.17, 15) is 0 Å². The summed E-state index contributed by atoms with van der Waals surface area (Å²) in [5.74, 6) is 2.23. The molecule has 2 N–H and O–H groups in total. The Bertz CT molecular complexity index is 1160. The Morgan fingerprint density at radius 1 is 1.09 bits per heavy atom. The number of methoxy groups -OCH3 is 1. The molecule has 0 saturated carbocycles. The molecule has 0 atom stereocenters. The molecule has 0 aliphatic carbocycles. The van der Waals surface area contributed by atoms with Crippen LogP contribution in [-0.2, 0) is 4.74 Å². The molecule has 3 aromatic rings. The second-order valence-electron chi connectivity index (χ2n) is 7.10. The van der Waals surface area contributed by atoms with Crippen LogP contribution in [0, 0.1) is 11.3 Å². The Kier molecular flexibility index (Phi) is 7.66. The Balaban J connectivity index is 1.52. The lowest BCUT2D eigenvalue weighted by atomic mass is 10.2. The summed E-state index contributed by atoms with van der Waals surface area (Å²) in [6.45, 7) is 2.55. The third-order valence-electron chi connectivity index (χ3n) is 4.81. The van der Waals surface area contributed by atoms with Crippen molar-refractivity contribution in [1.82, 2.24) is 15.0 Å². The number of nitrogens with one attached hydrogen (secondary N) is 2. The molecule has 0 amide bonds. The number of para-hydroxylation sites is 1. The topological polar surface area (TPSA) is 130 Å². The van der Waals surface area contributed by atoms with Gasteiger partial charge in [-0.3, -0.25) is 0 Å². The second-order valence-corrected chi connectivity index (χ2v) is 7.10. The lowest BCUT2D eigenvalue weighted by molar-refractivity contribution is 0.122. The predicted molar refractivity (Wildman–Crippen MR) is 128 cm³/mol. The monoisotopic (exact) mass is 460 g/mol. The van der Waals surface area contributed by atoms with Crippen molar-refractivity contribution in [2.75, 3.05) is 55.7 Å². The Hall–Kier alpha value is -4.43. The Labute approximate surface area is 197 Å². The van der Waals surface area contributed by atoms with Crippen molar-refractivity contribution < 1.29 is 14.2 Å². The zero-order valence-electron chi connectivity index (χ0n) is 18.6. The molecule has 11 nitrogen and oxygen atoms in total. The Morgan fingerprint density at radius 3 is 2.65 bits per heavy atom. The lowest BCUT2D eigenvalue weighted by Gasteiger charge is -2.27. The number of morpholine rings is 1. The van der Waals surface area contributed by atoms with Crippen LogP contribution in [0.3, 0.4) is 0 Å². The van der Waals surface area contributed by atoms with E-state index in [2.05, 4.69) is 30.8 Å². The van der Waals surface area contributed by atoms with Crippen LogP contribution in [0.5, 0.6) is 11.5 Å². The molecule has 2 heterocycles. The molecule has 4 rings (SSSR count). The van der Waals surface area contributed by atoms with Crippen LogP contribution < -0.4 is 25.1 Å². The quantitative estimate of drug-likeness (QED) is 0.363. The summed E-state index contributed by atoms with van der Waals surface area (Å²) >= 11 is 0. The number of rotatable bonds is 9. The highest BCUT2D eigenvalue weighted by atomic mass is 16.5. The number of hydrazone groups is 1. The molecular weight excluding hydrogens is 436 g/mol. The number of anilines is 4. The fraction of sp³-hybridized carbons (Fsp3) is 0.261. The summed E-state index contributed by atoms with van der Waals surface area (Å²) in [5.41, 5.74) is 4.50.